The Morgan fingerprint density at radius 3 is 2.46 bits per heavy atom. The number of anilines is 2. The lowest BCUT2D eigenvalue weighted by molar-refractivity contribution is -0.120. The topological polar surface area (TPSA) is 88.4 Å². The lowest BCUT2D eigenvalue weighted by Crippen LogP contribution is -2.53. The predicted molar refractivity (Wildman–Crippen MR) is 142 cm³/mol. The van der Waals surface area contributed by atoms with Crippen LogP contribution in [-0.2, 0) is 16.1 Å². The van der Waals surface area contributed by atoms with Crippen molar-refractivity contribution >= 4 is 17.4 Å². The molecule has 0 bridgehead atoms. The second-order valence-corrected chi connectivity index (χ2v) is 11.2. The standard InChI is InChI=1S/C28H35N7O2/c1-20-3-8-26(32-31-20)34-14-23(15-34)27(36)30-24-6-4-21(5-7-24)22-13-29-35(16-22)19-28(2)9-11-33(12-10-28)25-17-37-18-25/h3-8,13,16,23,25H,9-12,14-15,17-19H2,1-2H3,(H,30,36). The molecule has 3 aromatic rings. The van der Waals surface area contributed by atoms with Gasteiger partial charge >= 0.3 is 0 Å². The summed E-state index contributed by atoms with van der Waals surface area (Å²) in [5.41, 5.74) is 4.16. The van der Waals surface area contributed by atoms with Gasteiger partial charge in [0.05, 0.1) is 37.1 Å². The first-order valence-electron chi connectivity index (χ1n) is 13.2. The number of benzene rings is 1. The third kappa shape index (κ3) is 5.24. The number of aryl methyl sites for hydroxylation is 1. The molecule has 9 nitrogen and oxygen atoms in total. The predicted octanol–water partition coefficient (Wildman–Crippen LogP) is 3.22. The Morgan fingerprint density at radius 1 is 1.05 bits per heavy atom. The van der Waals surface area contributed by atoms with Crippen molar-refractivity contribution in [1.29, 1.82) is 0 Å². The van der Waals surface area contributed by atoms with E-state index >= 15 is 0 Å². The van der Waals surface area contributed by atoms with Crippen molar-refractivity contribution in [2.45, 2.75) is 39.3 Å². The fraction of sp³-hybridized carbons (Fsp3) is 0.500. The van der Waals surface area contributed by atoms with Gasteiger partial charge in [0, 0.05) is 37.1 Å². The number of piperidine rings is 1. The summed E-state index contributed by atoms with van der Waals surface area (Å²) < 4.78 is 7.46. The Bertz CT molecular complexity index is 1220. The van der Waals surface area contributed by atoms with E-state index in [1.807, 2.05) is 49.5 Å². The maximum Gasteiger partial charge on any atom is 0.231 e. The number of carbonyl (C=O) groups excluding carboxylic acids is 1. The van der Waals surface area contributed by atoms with Crippen LogP contribution in [0.3, 0.4) is 0 Å². The molecular weight excluding hydrogens is 466 g/mol. The Balaban J connectivity index is 0.998. The number of hydrogen-bond donors (Lipinski definition) is 1. The maximum absolute atomic E-state index is 12.7. The van der Waals surface area contributed by atoms with E-state index in [1.165, 1.54) is 12.8 Å². The monoisotopic (exact) mass is 501 g/mol. The van der Waals surface area contributed by atoms with Crippen molar-refractivity contribution in [2.75, 3.05) is 49.6 Å². The minimum atomic E-state index is -0.0451. The van der Waals surface area contributed by atoms with Crippen LogP contribution < -0.4 is 10.2 Å². The van der Waals surface area contributed by atoms with Crippen molar-refractivity contribution in [2.24, 2.45) is 11.3 Å². The molecule has 1 N–H and O–H groups in total. The number of hydrogen-bond acceptors (Lipinski definition) is 7. The van der Waals surface area contributed by atoms with Crippen LogP contribution in [0.4, 0.5) is 11.5 Å². The summed E-state index contributed by atoms with van der Waals surface area (Å²) in [5, 5.41) is 16.0. The van der Waals surface area contributed by atoms with Gasteiger partial charge in [0.2, 0.25) is 5.91 Å². The number of likely N-dealkylation sites (tertiary alicyclic amines) is 1. The Kier molecular flexibility index (Phi) is 6.42. The van der Waals surface area contributed by atoms with E-state index in [-0.39, 0.29) is 17.2 Å². The lowest BCUT2D eigenvalue weighted by Gasteiger charge is -2.45. The average molecular weight is 502 g/mol. The van der Waals surface area contributed by atoms with Crippen molar-refractivity contribution < 1.29 is 9.53 Å². The lowest BCUT2D eigenvalue weighted by atomic mass is 9.80. The molecule has 9 heteroatoms. The molecular formula is C28H35N7O2. The minimum Gasteiger partial charge on any atom is -0.378 e. The van der Waals surface area contributed by atoms with Gasteiger partial charge in [0.1, 0.15) is 0 Å². The molecule has 2 aromatic heterocycles. The van der Waals surface area contributed by atoms with Crippen LogP contribution in [0.5, 0.6) is 0 Å². The van der Waals surface area contributed by atoms with E-state index < -0.39 is 0 Å². The highest BCUT2D eigenvalue weighted by atomic mass is 16.5. The van der Waals surface area contributed by atoms with Crippen LogP contribution in [0, 0.1) is 18.3 Å². The van der Waals surface area contributed by atoms with Crippen LogP contribution >= 0.6 is 0 Å². The minimum absolute atomic E-state index is 0.0426. The zero-order valence-electron chi connectivity index (χ0n) is 21.6. The van der Waals surface area contributed by atoms with Crippen molar-refractivity contribution in [3.63, 3.8) is 0 Å². The number of amides is 1. The van der Waals surface area contributed by atoms with E-state index in [2.05, 4.69) is 48.2 Å². The maximum atomic E-state index is 12.7. The van der Waals surface area contributed by atoms with Gasteiger partial charge in [-0.3, -0.25) is 14.4 Å². The first-order chi connectivity index (χ1) is 17.9. The number of nitrogens with zero attached hydrogens (tertiary/aromatic N) is 6. The van der Waals surface area contributed by atoms with Crippen molar-refractivity contribution in [3.05, 3.63) is 54.5 Å². The van der Waals surface area contributed by atoms with Crippen LogP contribution in [0.2, 0.25) is 0 Å². The van der Waals surface area contributed by atoms with E-state index in [9.17, 15) is 4.79 Å². The van der Waals surface area contributed by atoms with E-state index in [1.54, 1.807) is 0 Å². The summed E-state index contributed by atoms with van der Waals surface area (Å²) in [5.74, 6) is 0.820. The fourth-order valence-corrected chi connectivity index (χ4v) is 5.39. The molecule has 37 heavy (non-hydrogen) atoms. The van der Waals surface area contributed by atoms with Crippen molar-refractivity contribution in [1.82, 2.24) is 24.9 Å². The number of aromatic nitrogens is 4. The second-order valence-electron chi connectivity index (χ2n) is 11.2. The van der Waals surface area contributed by atoms with Crippen LogP contribution in [-0.4, -0.2) is 76.2 Å². The molecule has 3 aliphatic heterocycles. The normalized spacial score (nSPS) is 20.3. The molecule has 3 fully saturated rings. The molecule has 3 aliphatic rings. The highest BCUT2D eigenvalue weighted by molar-refractivity contribution is 5.94. The number of nitrogens with one attached hydrogen (secondary N) is 1. The van der Waals surface area contributed by atoms with Gasteiger partial charge in [0.15, 0.2) is 5.82 Å². The summed E-state index contributed by atoms with van der Waals surface area (Å²) in [7, 11) is 0. The molecule has 1 aromatic carbocycles. The highest BCUT2D eigenvalue weighted by Gasteiger charge is 2.36. The molecule has 1 amide bonds. The molecule has 0 saturated carbocycles. The van der Waals surface area contributed by atoms with Crippen LogP contribution in [0.1, 0.15) is 25.5 Å². The second kappa shape index (κ2) is 9.87. The molecule has 6 rings (SSSR count). The fourth-order valence-electron chi connectivity index (χ4n) is 5.39. The van der Waals surface area contributed by atoms with Crippen LogP contribution in [0.15, 0.2) is 48.8 Å². The zero-order chi connectivity index (χ0) is 25.4. The quantitative estimate of drug-likeness (QED) is 0.532. The van der Waals surface area contributed by atoms with Gasteiger partial charge in [-0.1, -0.05) is 19.1 Å². The molecule has 194 valence electrons. The molecule has 0 radical (unpaired) electrons. The Hall–Kier alpha value is -3.30. The molecule has 0 atom stereocenters. The molecule has 0 spiro atoms. The third-order valence-electron chi connectivity index (χ3n) is 8.16. The summed E-state index contributed by atoms with van der Waals surface area (Å²) in [6, 6.07) is 12.6. The number of ether oxygens (including phenoxy) is 1. The summed E-state index contributed by atoms with van der Waals surface area (Å²) >= 11 is 0. The smallest absolute Gasteiger partial charge is 0.231 e. The van der Waals surface area contributed by atoms with Gasteiger partial charge in [-0.25, -0.2) is 0 Å². The first-order valence-corrected chi connectivity index (χ1v) is 13.2. The number of carbonyl (C=O) groups is 1. The van der Waals surface area contributed by atoms with Gasteiger partial charge in [-0.15, -0.1) is 5.10 Å². The zero-order valence-corrected chi connectivity index (χ0v) is 21.6. The van der Waals surface area contributed by atoms with Gasteiger partial charge in [0.25, 0.3) is 0 Å². The SMILES string of the molecule is Cc1ccc(N2CC(C(=O)Nc3ccc(-c4cnn(CC5(C)CCN(C6COC6)CC5)c4)cc3)C2)nn1. The van der Waals surface area contributed by atoms with E-state index in [0.717, 1.165) is 61.2 Å². The first kappa shape index (κ1) is 24.1. The number of rotatable bonds is 7. The van der Waals surface area contributed by atoms with E-state index in [0.29, 0.717) is 19.1 Å². The van der Waals surface area contributed by atoms with Gasteiger partial charge in [-0.05, 0) is 68.1 Å². The summed E-state index contributed by atoms with van der Waals surface area (Å²) in [4.78, 5) is 17.3. The summed E-state index contributed by atoms with van der Waals surface area (Å²) in [6.45, 7) is 10.6. The molecule has 0 aliphatic carbocycles. The van der Waals surface area contributed by atoms with Crippen molar-refractivity contribution in [3.8, 4) is 11.1 Å². The average Bonchev–Trinajstić information content (AvgIpc) is 3.28. The highest BCUT2D eigenvalue weighted by Crippen LogP contribution is 2.34. The van der Waals surface area contributed by atoms with E-state index in [4.69, 9.17) is 4.74 Å². The molecule has 5 heterocycles. The largest absolute Gasteiger partial charge is 0.378 e. The van der Waals surface area contributed by atoms with Gasteiger partial charge < -0.3 is 15.0 Å². The summed E-state index contributed by atoms with van der Waals surface area (Å²) in [6.07, 6.45) is 6.45. The van der Waals surface area contributed by atoms with Gasteiger partial charge in [-0.2, -0.15) is 10.2 Å². The Labute approximate surface area is 217 Å². The molecule has 0 unspecified atom stereocenters. The van der Waals surface area contributed by atoms with Crippen LogP contribution in [0.25, 0.3) is 11.1 Å². The molecule has 3 saturated heterocycles. The third-order valence-corrected chi connectivity index (χ3v) is 8.16. The Morgan fingerprint density at radius 2 is 1.81 bits per heavy atom.